The van der Waals surface area contributed by atoms with Crippen LogP contribution < -0.4 is 0 Å². The summed E-state index contributed by atoms with van der Waals surface area (Å²) in [5.74, 6) is 0.129. The van der Waals surface area contributed by atoms with Gasteiger partial charge in [-0.25, -0.2) is 0 Å². The minimum absolute atomic E-state index is 0.129. The standard InChI is InChI=1S/C14H21NO2S/c1-10-6-8-18-11(10)9-13(17)15-7-4-5-12(16)14(15,2)3/h6,8,12,16H,4-5,7,9H2,1-3H3. The molecule has 0 saturated carbocycles. The summed E-state index contributed by atoms with van der Waals surface area (Å²) in [5.41, 5.74) is 0.740. The summed E-state index contributed by atoms with van der Waals surface area (Å²) in [6.07, 6.45) is 1.72. The van der Waals surface area contributed by atoms with Crippen molar-refractivity contribution in [2.75, 3.05) is 6.54 Å². The Kier molecular flexibility index (Phi) is 3.78. The first kappa shape index (κ1) is 13.6. The molecule has 0 spiro atoms. The van der Waals surface area contributed by atoms with Gasteiger partial charge in [0.25, 0.3) is 0 Å². The molecule has 1 N–H and O–H groups in total. The second kappa shape index (κ2) is 5.02. The zero-order chi connectivity index (χ0) is 13.3. The van der Waals surface area contributed by atoms with Gasteiger partial charge in [-0.2, -0.15) is 0 Å². The topological polar surface area (TPSA) is 40.5 Å². The van der Waals surface area contributed by atoms with Gasteiger partial charge >= 0.3 is 0 Å². The summed E-state index contributed by atoms with van der Waals surface area (Å²) >= 11 is 1.63. The third kappa shape index (κ3) is 2.45. The zero-order valence-electron chi connectivity index (χ0n) is 11.3. The predicted octanol–water partition coefficient (Wildman–Crippen LogP) is 2.36. The highest BCUT2D eigenvalue weighted by Gasteiger charge is 2.39. The van der Waals surface area contributed by atoms with Crippen LogP contribution in [0, 0.1) is 6.92 Å². The summed E-state index contributed by atoms with van der Waals surface area (Å²) in [4.78, 5) is 15.4. The van der Waals surface area contributed by atoms with E-state index in [0.717, 1.165) is 24.3 Å². The van der Waals surface area contributed by atoms with E-state index in [9.17, 15) is 9.90 Å². The van der Waals surface area contributed by atoms with E-state index in [2.05, 4.69) is 0 Å². The van der Waals surface area contributed by atoms with Gasteiger partial charge in [-0.1, -0.05) is 0 Å². The fourth-order valence-electron chi connectivity index (χ4n) is 2.53. The largest absolute Gasteiger partial charge is 0.391 e. The highest BCUT2D eigenvalue weighted by Crippen LogP contribution is 2.29. The second-order valence-corrected chi connectivity index (χ2v) is 6.56. The number of likely N-dealkylation sites (tertiary alicyclic amines) is 1. The van der Waals surface area contributed by atoms with Crippen molar-refractivity contribution in [1.29, 1.82) is 0 Å². The minimum atomic E-state index is -0.444. The lowest BCUT2D eigenvalue weighted by molar-refractivity contribution is -0.144. The number of amides is 1. The molecule has 1 aliphatic heterocycles. The Labute approximate surface area is 112 Å². The van der Waals surface area contributed by atoms with Crippen LogP contribution in [0.5, 0.6) is 0 Å². The summed E-state index contributed by atoms with van der Waals surface area (Å²) in [5, 5.41) is 12.1. The van der Waals surface area contributed by atoms with Crippen LogP contribution in [0.3, 0.4) is 0 Å². The Morgan fingerprint density at radius 1 is 1.61 bits per heavy atom. The van der Waals surface area contributed by atoms with Gasteiger partial charge in [0.1, 0.15) is 0 Å². The third-order valence-corrected chi connectivity index (χ3v) is 4.97. The van der Waals surface area contributed by atoms with Crippen LogP contribution in [0.1, 0.15) is 37.1 Å². The van der Waals surface area contributed by atoms with Crippen LogP contribution in [0.2, 0.25) is 0 Å². The first-order chi connectivity index (χ1) is 8.43. The predicted molar refractivity (Wildman–Crippen MR) is 73.8 cm³/mol. The molecule has 1 fully saturated rings. The minimum Gasteiger partial charge on any atom is -0.391 e. The smallest absolute Gasteiger partial charge is 0.228 e. The monoisotopic (exact) mass is 267 g/mol. The number of rotatable bonds is 2. The lowest BCUT2D eigenvalue weighted by Crippen LogP contribution is -2.58. The van der Waals surface area contributed by atoms with Gasteiger partial charge in [0.2, 0.25) is 5.91 Å². The number of thiophene rings is 1. The van der Waals surface area contributed by atoms with Crippen molar-refractivity contribution in [1.82, 2.24) is 4.90 Å². The number of aryl methyl sites for hydroxylation is 1. The number of carbonyl (C=O) groups excluding carboxylic acids is 1. The van der Waals surface area contributed by atoms with Crippen molar-refractivity contribution in [2.24, 2.45) is 0 Å². The van der Waals surface area contributed by atoms with Gasteiger partial charge in [-0.05, 0) is 50.6 Å². The van der Waals surface area contributed by atoms with E-state index in [0.29, 0.717) is 6.42 Å². The van der Waals surface area contributed by atoms with E-state index >= 15 is 0 Å². The van der Waals surface area contributed by atoms with E-state index in [1.54, 1.807) is 11.3 Å². The summed E-state index contributed by atoms with van der Waals surface area (Å²) in [7, 11) is 0. The van der Waals surface area contributed by atoms with Crippen molar-refractivity contribution >= 4 is 17.2 Å². The molecule has 0 radical (unpaired) electrons. The highest BCUT2D eigenvalue weighted by atomic mass is 32.1. The van der Waals surface area contributed by atoms with Gasteiger partial charge in [0.05, 0.1) is 18.1 Å². The molecular weight excluding hydrogens is 246 g/mol. The number of aliphatic hydroxyl groups is 1. The number of piperidine rings is 1. The van der Waals surface area contributed by atoms with Crippen molar-refractivity contribution in [3.05, 3.63) is 21.9 Å². The average Bonchev–Trinajstić information content (AvgIpc) is 2.68. The third-order valence-electron chi connectivity index (χ3n) is 3.95. The highest BCUT2D eigenvalue weighted by molar-refractivity contribution is 7.10. The van der Waals surface area contributed by atoms with Crippen LogP contribution in [-0.2, 0) is 11.2 Å². The Morgan fingerprint density at radius 2 is 2.33 bits per heavy atom. The van der Waals surface area contributed by atoms with Crippen LogP contribution in [-0.4, -0.2) is 34.1 Å². The Bertz CT molecular complexity index is 439. The van der Waals surface area contributed by atoms with E-state index < -0.39 is 11.6 Å². The molecule has 0 aliphatic carbocycles. The molecule has 0 bridgehead atoms. The molecule has 1 amide bonds. The average molecular weight is 267 g/mol. The molecule has 18 heavy (non-hydrogen) atoms. The molecule has 2 heterocycles. The Balaban J connectivity index is 2.11. The number of nitrogens with zero attached hydrogens (tertiary/aromatic N) is 1. The number of carbonyl (C=O) groups is 1. The Hall–Kier alpha value is -0.870. The van der Waals surface area contributed by atoms with Gasteiger partial charge in [0.15, 0.2) is 0 Å². The maximum absolute atomic E-state index is 12.4. The first-order valence-corrected chi connectivity index (χ1v) is 7.32. The summed E-state index contributed by atoms with van der Waals surface area (Å²) < 4.78 is 0. The number of hydrogen-bond donors (Lipinski definition) is 1. The van der Waals surface area contributed by atoms with Gasteiger partial charge < -0.3 is 10.0 Å². The Morgan fingerprint density at radius 3 is 2.94 bits per heavy atom. The van der Waals surface area contributed by atoms with Gasteiger partial charge in [-0.3, -0.25) is 4.79 Å². The van der Waals surface area contributed by atoms with E-state index in [1.807, 2.05) is 37.1 Å². The zero-order valence-corrected chi connectivity index (χ0v) is 12.1. The van der Waals surface area contributed by atoms with Crippen LogP contribution in [0.15, 0.2) is 11.4 Å². The molecular formula is C14H21NO2S. The molecule has 100 valence electrons. The molecule has 2 rings (SSSR count). The van der Waals surface area contributed by atoms with Crippen molar-refractivity contribution in [3.8, 4) is 0 Å². The van der Waals surface area contributed by atoms with E-state index in [1.165, 1.54) is 5.56 Å². The van der Waals surface area contributed by atoms with Crippen molar-refractivity contribution in [3.63, 3.8) is 0 Å². The maximum Gasteiger partial charge on any atom is 0.228 e. The van der Waals surface area contributed by atoms with Crippen molar-refractivity contribution < 1.29 is 9.90 Å². The summed E-state index contributed by atoms with van der Waals surface area (Å²) in [6.45, 7) is 6.70. The van der Waals surface area contributed by atoms with Crippen LogP contribution in [0.4, 0.5) is 0 Å². The second-order valence-electron chi connectivity index (χ2n) is 5.56. The molecule has 4 heteroatoms. The van der Waals surface area contributed by atoms with Crippen molar-refractivity contribution in [2.45, 2.75) is 51.7 Å². The van der Waals surface area contributed by atoms with E-state index in [-0.39, 0.29) is 5.91 Å². The number of aliphatic hydroxyl groups excluding tert-OH is 1. The maximum atomic E-state index is 12.4. The molecule has 1 atom stereocenters. The SMILES string of the molecule is Cc1ccsc1CC(=O)N1CCCC(O)C1(C)C. The molecule has 1 aromatic rings. The molecule has 1 saturated heterocycles. The van der Waals surface area contributed by atoms with Gasteiger partial charge in [-0.15, -0.1) is 11.3 Å². The lowest BCUT2D eigenvalue weighted by Gasteiger charge is -2.45. The lowest BCUT2D eigenvalue weighted by atomic mass is 9.87. The number of hydrogen-bond acceptors (Lipinski definition) is 3. The quantitative estimate of drug-likeness (QED) is 0.893. The molecule has 1 unspecified atom stereocenters. The van der Waals surface area contributed by atoms with Crippen LogP contribution in [0.25, 0.3) is 0 Å². The molecule has 1 aromatic heterocycles. The fraction of sp³-hybridized carbons (Fsp3) is 0.643. The van der Waals surface area contributed by atoms with E-state index in [4.69, 9.17) is 0 Å². The first-order valence-electron chi connectivity index (χ1n) is 6.44. The molecule has 0 aromatic carbocycles. The van der Waals surface area contributed by atoms with Gasteiger partial charge in [0, 0.05) is 11.4 Å². The normalized spacial score (nSPS) is 23.1. The fourth-order valence-corrected chi connectivity index (χ4v) is 3.43. The summed E-state index contributed by atoms with van der Waals surface area (Å²) in [6, 6.07) is 2.05. The molecule has 3 nitrogen and oxygen atoms in total. The molecule has 1 aliphatic rings. The van der Waals surface area contributed by atoms with Crippen LogP contribution >= 0.6 is 11.3 Å².